The average molecular weight is 488 g/mol. The van der Waals surface area contributed by atoms with Crippen LogP contribution in [-0.2, 0) is 26.6 Å². The van der Waals surface area contributed by atoms with Gasteiger partial charge in [-0.1, -0.05) is 36.4 Å². The molecule has 3 aromatic carbocycles. The van der Waals surface area contributed by atoms with E-state index in [1.807, 2.05) is 13.0 Å². The van der Waals surface area contributed by atoms with Crippen LogP contribution in [0.25, 0.3) is 0 Å². The Morgan fingerprint density at radius 3 is 2.27 bits per heavy atom. The van der Waals surface area contributed by atoms with Gasteiger partial charge in [0.1, 0.15) is 0 Å². The molecular formula is C23H25N3O5S2. The van der Waals surface area contributed by atoms with Crippen LogP contribution in [0.4, 0.5) is 11.4 Å². The Bertz CT molecular complexity index is 1400. The number of carbonyl (C=O) groups excluding carboxylic acids is 1. The van der Waals surface area contributed by atoms with Gasteiger partial charge >= 0.3 is 0 Å². The van der Waals surface area contributed by atoms with Crippen LogP contribution in [0, 0.1) is 13.8 Å². The second-order valence-electron chi connectivity index (χ2n) is 7.67. The average Bonchev–Trinajstić information content (AvgIpc) is 2.71. The van der Waals surface area contributed by atoms with Gasteiger partial charge in [0.05, 0.1) is 16.8 Å². The van der Waals surface area contributed by atoms with Gasteiger partial charge in [0, 0.05) is 17.8 Å². The van der Waals surface area contributed by atoms with Crippen LogP contribution >= 0.6 is 0 Å². The molecule has 33 heavy (non-hydrogen) atoms. The summed E-state index contributed by atoms with van der Waals surface area (Å²) >= 11 is 0. The predicted molar refractivity (Wildman–Crippen MR) is 129 cm³/mol. The number of benzene rings is 3. The monoisotopic (exact) mass is 487 g/mol. The van der Waals surface area contributed by atoms with Gasteiger partial charge in [0.25, 0.3) is 15.9 Å². The summed E-state index contributed by atoms with van der Waals surface area (Å²) in [6.07, 6.45) is 1.04. The third-order valence-corrected chi connectivity index (χ3v) is 6.76. The maximum absolute atomic E-state index is 12.9. The third kappa shape index (κ3) is 6.56. The highest BCUT2D eigenvalue weighted by atomic mass is 32.2. The predicted octanol–water partition coefficient (Wildman–Crippen LogP) is 3.41. The summed E-state index contributed by atoms with van der Waals surface area (Å²) in [7, 11) is -7.39. The minimum absolute atomic E-state index is 0.0427. The van der Waals surface area contributed by atoms with Crippen LogP contribution in [0.1, 0.15) is 27.0 Å². The van der Waals surface area contributed by atoms with E-state index in [-0.39, 0.29) is 17.0 Å². The topological polar surface area (TPSA) is 121 Å². The van der Waals surface area contributed by atoms with Crippen LogP contribution in [0.15, 0.2) is 71.6 Å². The zero-order valence-corrected chi connectivity index (χ0v) is 20.0. The summed E-state index contributed by atoms with van der Waals surface area (Å²) in [5.41, 5.74) is 3.07. The van der Waals surface area contributed by atoms with Crippen molar-refractivity contribution in [3.05, 3.63) is 89.0 Å². The van der Waals surface area contributed by atoms with Crippen molar-refractivity contribution in [3.63, 3.8) is 0 Å². The Labute approximate surface area is 194 Å². The molecule has 0 aliphatic heterocycles. The van der Waals surface area contributed by atoms with Crippen LogP contribution < -0.4 is 14.8 Å². The van der Waals surface area contributed by atoms with E-state index in [1.165, 1.54) is 12.1 Å². The Morgan fingerprint density at radius 1 is 0.848 bits per heavy atom. The second-order valence-corrected chi connectivity index (χ2v) is 11.1. The minimum atomic E-state index is -3.90. The maximum Gasteiger partial charge on any atom is 0.261 e. The lowest BCUT2D eigenvalue weighted by Crippen LogP contribution is -2.25. The normalized spacial score (nSPS) is 11.6. The van der Waals surface area contributed by atoms with Gasteiger partial charge in [0.2, 0.25) is 10.0 Å². The largest absolute Gasteiger partial charge is 0.348 e. The molecule has 0 spiro atoms. The first kappa shape index (κ1) is 24.3. The molecule has 3 aromatic rings. The zero-order chi connectivity index (χ0) is 24.2. The Kier molecular flexibility index (Phi) is 7.09. The highest BCUT2D eigenvalue weighted by Crippen LogP contribution is 2.21. The maximum atomic E-state index is 12.9. The molecule has 0 saturated heterocycles. The number of amides is 1. The first-order valence-electron chi connectivity index (χ1n) is 9.99. The summed E-state index contributed by atoms with van der Waals surface area (Å²) in [4.78, 5) is 12.8. The Morgan fingerprint density at radius 2 is 1.58 bits per heavy atom. The molecule has 10 heteroatoms. The molecule has 0 unspecified atom stereocenters. The lowest BCUT2D eigenvalue weighted by Gasteiger charge is -2.14. The van der Waals surface area contributed by atoms with Crippen molar-refractivity contribution >= 4 is 37.3 Å². The zero-order valence-electron chi connectivity index (χ0n) is 18.4. The van der Waals surface area contributed by atoms with Gasteiger partial charge in [-0.25, -0.2) is 16.8 Å². The fourth-order valence-electron chi connectivity index (χ4n) is 3.18. The highest BCUT2D eigenvalue weighted by molar-refractivity contribution is 7.92. The van der Waals surface area contributed by atoms with Gasteiger partial charge in [-0.15, -0.1) is 0 Å². The fourth-order valence-corrected chi connectivity index (χ4v) is 4.85. The standard InChI is InChI=1S/C23H25N3O5S2/c1-16-7-6-9-19(13-16)25-33(30,31)20-12-11-17(2)21(14-20)23(27)24-15-18-8-4-5-10-22(18)26-32(3,28)29/h4-14,25-26H,15H2,1-3H3,(H,24,27). The molecule has 0 aliphatic rings. The number of carbonyl (C=O) groups is 1. The van der Waals surface area contributed by atoms with Crippen molar-refractivity contribution < 1.29 is 21.6 Å². The molecular weight excluding hydrogens is 462 g/mol. The summed E-state index contributed by atoms with van der Waals surface area (Å²) < 4.78 is 53.8. The number of nitrogens with one attached hydrogen (secondary N) is 3. The highest BCUT2D eigenvalue weighted by Gasteiger charge is 2.19. The van der Waals surface area contributed by atoms with Gasteiger partial charge in [-0.05, 0) is 60.9 Å². The molecule has 0 saturated carbocycles. The smallest absolute Gasteiger partial charge is 0.261 e. The van der Waals surface area contributed by atoms with Crippen LogP contribution in [0.3, 0.4) is 0 Å². The van der Waals surface area contributed by atoms with Crippen LogP contribution in [-0.4, -0.2) is 29.0 Å². The Balaban J connectivity index is 1.80. The number of para-hydroxylation sites is 1. The number of anilines is 2. The number of aryl methyl sites for hydroxylation is 2. The molecule has 1 amide bonds. The molecule has 3 rings (SSSR count). The van der Waals surface area contributed by atoms with Gasteiger partial charge < -0.3 is 5.32 Å². The number of sulfonamides is 2. The quantitative estimate of drug-likeness (QED) is 0.450. The molecule has 174 valence electrons. The van der Waals surface area contributed by atoms with E-state index >= 15 is 0 Å². The van der Waals surface area contributed by atoms with Crippen molar-refractivity contribution in [2.75, 3.05) is 15.7 Å². The Hall–Kier alpha value is -3.37. The summed E-state index contributed by atoms with van der Waals surface area (Å²) in [5.74, 6) is -0.478. The molecule has 0 atom stereocenters. The van der Waals surface area contributed by atoms with Crippen molar-refractivity contribution in [2.45, 2.75) is 25.3 Å². The van der Waals surface area contributed by atoms with E-state index in [0.717, 1.165) is 11.8 Å². The van der Waals surface area contributed by atoms with Crippen LogP contribution in [0.5, 0.6) is 0 Å². The third-order valence-electron chi connectivity index (χ3n) is 4.79. The molecule has 8 nitrogen and oxygen atoms in total. The molecule has 3 N–H and O–H groups in total. The van der Waals surface area contributed by atoms with Gasteiger partial charge in [-0.2, -0.15) is 0 Å². The first-order valence-corrected chi connectivity index (χ1v) is 13.4. The summed E-state index contributed by atoms with van der Waals surface area (Å²) in [6, 6.07) is 18.0. The van der Waals surface area contributed by atoms with Gasteiger partial charge in [-0.3, -0.25) is 14.2 Å². The second kappa shape index (κ2) is 9.63. The fraction of sp³-hybridized carbons (Fsp3) is 0.174. The first-order chi connectivity index (χ1) is 15.4. The van der Waals surface area contributed by atoms with Crippen molar-refractivity contribution in [3.8, 4) is 0 Å². The van der Waals surface area contributed by atoms with E-state index in [9.17, 15) is 21.6 Å². The number of hydrogen-bond acceptors (Lipinski definition) is 5. The molecule has 0 heterocycles. The van der Waals surface area contributed by atoms with E-state index in [0.29, 0.717) is 22.5 Å². The molecule has 0 aliphatic carbocycles. The number of rotatable bonds is 8. The molecule has 0 radical (unpaired) electrons. The molecule has 0 bridgehead atoms. The number of hydrogen-bond donors (Lipinski definition) is 3. The van der Waals surface area contributed by atoms with E-state index < -0.39 is 26.0 Å². The molecule has 0 aromatic heterocycles. The van der Waals surface area contributed by atoms with E-state index in [2.05, 4.69) is 14.8 Å². The van der Waals surface area contributed by atoms with E-state index in [4.69, 9.17) is 0 Å². The van der Waals surface area contributed by atoms with Crippen molar-refractivity contribution in [2.24, 2.45) is 0 Å². The van der Waals surface area contributed by atoms with Crippen molar-refractivity contribution in [1.82, 2.24) is 5.32 Å². The minimum Gasteiger partial charge on any atom is -0.348 e. The molecule has 0 fully saturated rings. The SMILES string of the molecule is Cc1cccc(NS(=O)(=O)c2ccc(C)c(C(=O)NCc3ccccc3NS(C)(=O)=O)c2)c1. The summed E-state index contributed by atoms with van der Waals surface area (Å²) in [5, 5.41) is 2.73. The van der Waals surface area contributed by atoms with Crippen molar-refractivity contribution in [1.29, 1.82) is 0 Å². The lowest BCUT2D eigenvalue weighted by molar-refractivity contribution is 0.0950. The van der Waals surface area contributed by atoms with E-state index in [1.54, 1.807) is 55.5 Å². The summed E-state index contributed by atoms with van der Waals surface area (Å²) in [6.45, 7) is 3.61. The van der Waals surface area contributed by atoms with Gasteiger partial charge in [0.15, 0.2) is 0 Å². The van der Waals surface area contributed by atoms with Crippen LogP contribution in [0.2, 0.25) is 0 Å². The lowest BCUT2D eigenvalue weighted by atomic mass is 10.1.